The van der Waals surface area contributed by atoms with Gasteiger partial charge in [-0.3, -0.25) is 14.2 Å². The zero-order chi connectivity index (χ0) is 24.4. The van der Waals surface area contributed by atoms with Crippen molar-refractivity contribution in [2.24, 2.45) is 0 Å². The van der Waals surface area contributed by atoms with Gasteiger partial charge in [-0.15, -0.1) is 0 Å². The molecule has 0 saturated carbocycles. The second-order valence-corrected chi connectivity index (χ2v) is 9.77. The highest BCUT2D eigenvalue weighted by molar-refractivity contribution is 7.55. The maximum Gasteiger partial charge on any atom is 0.345 e. The minimum atomic E-state index is -3.81. The van der Waals surface area contributed by atoms with Gasteiger partial charge in [-0.2, -0.15) is 0 Å². The van der Waals surface area contributed by atoms with Crippen molar-refractivity contribution in [2.75, 3.05) is 19.8 Å². The monoisotopic (exact) mass is 480 g/mol. The van der Waals surface area contributed by atoms with Gasteiger partial charge in [-0.25, -0.2) is 0 Å². The summed E-state index contributed by atoms with van der Waals surface area (Å²) in [7, 11) is -3.81. The molecule has 0 aliphatic heterocycles. The van der Waals surface area contributed by atoms with Crippen LogP contribution in [-0.4, -0.2) is 37.2 Å². The van der Waals surface area contributed by atoms with E-state index in [-0.39, 0.29) is 25.4 Å². The van der Waals surface area contributed by atoms with Crippen LogP contribution in [0.2, 0.25) is 0 Å². The summed E-state index contributed by atoms with van der Waals surface area (Å²) in [4.78, 5) is 25.7. The van der Waals surface area contributed by atoms with Crippen LogP contribution in [0, 0.1) is 0 Å². The average molecular weight is 480 g/mol. The Hall–Kier alpha value is -3.05. The Balaban J connectivity index is 1.71. The van der Waals surface area contributed by atoms with Crippen LogP contribution >= 0.6 is 7.60 Å². The molecule has 7 heteroatoms. The first-order valence-electron chi connectivity index (χ1n) is 11.2. The second-order valence-electron chi connectivity index (χ2n) is 7.56. The summed E-state index contributed by atoms with van der Waals surface area (Å²) >= 11 is 0. The molecule has 0 aliphatic carbocycles. The van der Waals surface area contributed by atoms with Crippen LogP contribution in [0.25, 0.3) is 11.1 Å². The molecule has 0 saturated heterocycles. The largest absolute Gasteiger partial charge is 0.457 e. The minimum absolute atomic E-state index is 0.108. The molecule has 3 rings (SSSR count). The number of Topliss-reactive ketones (excluding diaryl/α,β-unsaturated/α-hetero) is 1. The molecular weight excluding hydrogens is 451 g/mol. The highest BCUT2D eigenvalue weighted by Gasteiger charge is 2.42. The van der Waals surface area contributed by atoms with Crippen LogP contribution in [0.3, 0.4) is 0 Å². The normalized spacial score (nSPS) is 12.2. The summed E-state index contributed by atoms with van der Waals surface area (Å²) in [6.45, 7) is 3.12. The van der Waals surface area contributed by atoms with Crippen LogP contribution in [-0.2, 0) is 29.6 Å². The van der Waals surface area contributed by atoms with Crippen molar-refractivity contribution < 1.29 is 27.9 Å². The molecule has 3 aromatic carbocycles. The van der Waals surface area contributed by atoms with Gasteiger partial charge in [0.05, 0.1) is 13.2 Å². The Morgan fingerprint density at radius 1 is 0.765 bits per heavy atom. The third-order valence-corrected chi connectivity index (χ3v) is 7.60. The lowest BCUT2D eigenvalue weighted by Crippen LogP contribution is -2.29. The van der Waals surface area contributed by atoms with E-state index in [0.29, 0.717) is 5.56 Å². The molecule has 0 amide bonds. The predicted molar refractivity (Wildman–Crippen MR) is 132 cm³/mol. The van der Waals surface area contributed by atoms with Gasteiger partial charge in [0.25, 0.3) is 0 Å². The van der Waals surface area contributed by atoms with Crippen LogP contribution < -0.4 is 0 Å². The SMILES string of the molecule is CCOP(=O)(OCC)C(Cc1ccccc1)C(=O)OCC(=O)c1ccc(-c2ccccc2)cc1. The zero-order valence-electron chi connectivity index (χ0n) is 19.4. The van der Waals surface area contributed by atoms with E-state index in [2.05, 4.69) is 0 Å². The summed E-state index contributed by atoms with van der Waals surface area (Å²) in [6.07, 6.45) is 0.108. The number of carbonyl (C=O) groups is 2. The van der Waals surface area contributed by atoms with Crippen molar-refractivity contribution >= 4 is 19.3 Å². The van der Waals surface area contributed by atoms with E-state index >= 15 is 0 Å². The molecule has 3 aromatic rings. The first kappa shape index (κ1) is 25.6. The average Bonchev–Trinajstić information content (AvgIpc) is 2.87. The van der Waals surface area contributed by atoms with Crippen LogP contribution in [0.1, 0.15) is 29.8 Å². The third-order valence-electron chi connectivity index (χ3n) is 5.20. The van der Waals surface area contributed by atoms with E-state index in [9.17, 15) is 14.2 Å². The molecular formula is C27H29O6P. The molecule has 0 spiro atoms. The molecule has 0 bridgehead atoms. The fraction of sp³-hybridized carbons (Fsp3) is 0.259. The number of benzene rings is 3. The van der Waals surface area contributed by atoms with E-state index in [1.807, 2.05) is 72.8 Å². The number of rotatable bonds is 12. The lowest BCUT2D eigenvalue weighted by atomic mass is 10.0. The lowest BCUT2D eigenvalue weighted by molar-refractivity contribution is -0.142. The summed E-state index contributed by atoms with van der Waals surface area (Å²) < 4.78 is 29.6. The van der Waals surface area contributed by atoms with Gasteiger partial charge in [0, 0.05) is 5.56 Å². The third kappa shape index (κ3) is 6.73. The maximum atomic E-state index is 13.4. The van der Waals surface area contributed by atoms with Crippen molar-refractivity contribution in [3.05, 3.63) is 96.1 Å². The standard InChI is InChI=1S/C27H29O6P/c1-3-32-34(30,33-4-2)26(19-21-11-7-5-8-12-21)27(29)31-20-25(28)24-17-15-23(16-18-24)22-13-9-6-10-14-22/h5-18,26H,3-4,19-20H2,1-2H3. The van der Waals surface area contributed by atoms with Gasteiger partial charge in [-0.1, -0.05) is 84.9 Å². The number of hydrogen-bond donors (Lipinski definition) is 0. The summed E-state index contributed by atoms with van der Waals surface area (Å²) in [6, 6.07) is 26.1. The maximum absolute atomic E-state index is 13.4. The molecule has 0 fully saturated rings. The number of ketones is 1. The molecule has 1 unspecified atom stereocenters. The fourth-order valence-corrected chi connectivity index (χ4v) is 5.46. The van der Waals surface area contributed by atoms with E-state index in [1.165, 1.54) is 0 Å². The Labute approximate surface area is 200 Å². The van der Waals surface area contributed by atoms with Crippen LogP contribution in [0.5, 0.6) is 0 Å². The van der Waals surface area contributed by atoms with E-state index in [4.69, 9.17) is 13.8 Å². The van der Waals surface area contributed by atoms with Crippen molar-refractivity contribution in [1.82, 2.24) is 0 Å². The van der Waals surface area contributed by atoms with Gasteiger partial charge in [-0.05, 0) is 37.0 Å². The molecule has 6 nitrogen and oxygen atoms in total. The molecule has 34 heavy (non-hydrogen) atoms. The fourth-order valence-electron chi connectivity index (χ4n) is 3.53. The Morgan fingerprint density at radius 2 is 1.29 bits per heavy atom. The zero-order valence-corrected chi connectivity index (χ0v) is 20.3. The van der Waals surface area contributed by atoms with Crippen molar-refractivity contribution in [2.45, 2.75) is 25.9 Å². The number of hydrogen-bond acceptors (Lipinski definition) is 6. The van der Waals surface area contributed by atoms with E-state index in [1.54, 1.807) is 26.0 Å². The first-order valence-corrected chi connectivity index (χ1v) is 12.9. The predicted octanol–water partition coefficient (Wildman–Crippen LogP) is 5.96. The van der Waals surface area contributed by atoms with E-state index in [0.717, 1.165) is 16.7 Å². The van der Waals surface area contributed by atoms with Crippen LogP contribution in [0.4, 0.5) is 0 Å². The number of carbonyl (C=O) groups excluding carboxylic acids is 2. The molecule has 1 atom stereocenters. The van der Waals surface area contributed by atoms with Crippen molar-refractivity contribution in [3.63, 3.8) is 0 Å². The van der Waals surface area contributed by atoms with Gasteiger partial charge < -0.3 is 13.8 Å². The first-order chi connectivity index (χ1) is 16.5. The molecule has 0 radical (unpaired) electrons. The number of esters is 1. The minimum Gasteiger partial charge on any atom is -0.457 e. The van der Waals surface area contributed by atoms with E-state index < -0.39 is 25.8 Å². The molecule has 0 heterocycles. The van der Waals surface area contributed by atoms with Gasteiger partial charge in [0.1, 0.15) is 0 Å². The second kappa shape index (κ2) is 12.4. The van der Waals surface area contributed by atoms with Gasteiger partial charge in [0.15, 0.2) is 18.0 Å². The molecule has 0 aliphatic rings. The van der Waals surface area contributed by atoms with Crippen molar-refractivity contribution in [1.29, 1.82) is 0 Å². The topological polar surface area (TPSA) is 78.9 Å². The Kier molecular flexibility index (Phi) is 9.34. The lowest BCUT2D eigenvalue weighted by Gasteiger charge is -2.25. The van der Waals surface area contributed by atoms with Gasteiger partial charge >= 0.3 is 13.6 Å². The molecule has 178 valence electrons. The van der Waals surface area contributed by atoms with Crippen molar-refractivity contribution in [3.8, 4) is 11.1 Å². The van der Waals surface area contributed by atoms with Crippen LogP contribution in [0.15, 0.2) is 84.9 Å². The Bertz CT molecular complexity index is 1100. The summed E-state index contributed by atoms with van der Waals surface area (Å²) in [5.74, 6) is -1.14. The smallest absolute Gasteiger partial charge is 0.345 e. The Morgan fingerprint density at radius 3 is 1.85 bits per heavy atom. The molecule has 0 aromatic heterocycles. The van der Waals surface area contributed by atoms with Gasteiger partial charge in [0.2, 0.25) is 0 Å². The summed E-state index contributed by atoms with van der Waals surface area (Å²) in [5, 5.41) is 0. The molecule has 0 N–H and O–H groups in total. The number of ether oxygens (including phenoxy) is 1. The summed E-state index contributed by atoms with van der Waals surface area (Å²) in [5.41, 5.74) is 2.05. The highest BCUT2D eigenvalue weighted by atomic mass is 31.2. The highest BCUT2D eigenvalue weighted by Crippen LogP contribution is 2.54. The quantitative estimate of drug-likeness (QED) is 0.181.